The molecule has 112 valence electrons. The number of aromatic nitrogens is 2. The molecule has 0 aliphatic carbocycles. The molecule has 0 saturated carbocycles. The normalized spacial score (nSPS) is 11.6. The molecule has 0 radical (unpaired) electrons. The predicted molar refractivity (Wildman–Crippen MR) is 73.6 cm³/mol. The largest absolute Gasteiger partial charge is 0.451 e. The van der Waals surface area contributed by atoms with Crippen molar-refractivity contribution in [2.45, 2.75) is 6.18 Å². The van der Waals surface area contributed by atoms with Crippen LogP contribution in [0.25, 0.3) is 0 Å². The molecule has 1 heterocycles. The lowest BCUT2D eigenvalue weighted by atomic mass is 10.3. The lowest BCUT2D eigenvalue weighted by Crippen LogP contribution is -2.11. The Morgan fingerprint density at radius 3 is 2.10 bits per heavy atom. The van der Waals surface area contributed by atoms with Crippen LogP contribution in [0.4, 0.5) is 13.2 Å². The third-order valence-electron chi connectivity index (χ3n) is 2.11. The van der Waals surface area contributed by atoms with Crippen LogP contribution in [0, 0.1) is 0 Å². The van der Waals surface area contributed by atoms with Crippen LogP contribution in [0.1, 0.15) is 5.82 Å². The molecule has 0 bridgehead atoms. The Hall–Kier alpha value is -0.950. The second-order valence-corrected chi connectivity index (χ2v) is 5.26. The van der Waals surface area contributed by atoms with Gasteiger partial charge in [-0.3, -0.25) is 0 Å². The van der Waals surface area contributed by atoms with Crippen LogP contribution in [-0.4, -0.2) is 9.97 Å². The fourth-order valence-electron chi connectivity index (χ4n) is 1.27. The molecule has 0 aliphatic rings. The lowest BCUT2D eigenvalue weighted by molar-refractivity contribution is -0.145. The molecule has 1 aromatic carbocycles. The van der Waals surface area contributed by atoms with Crippen molar-refractivity contribution >= 4 is 46.4 Å². The second kappa shape index (κ2) is 6.04. The van der Waals surface area contributed by atoms with Gasteiger partial charge in [0, 0.05) is 12.1 Å². The highest BCUT2D eigenvalue weighted by molar-refractivity contribution is 6.43. The van der Waals surface area contributed by atoms with Gasteiger partial charge in [-0.05, 0) is 6.07 Å². The minimum atomic E-state index is -4.76. The van der Waals surface area contributed by atoms with E-state index >= 15 is 0 Å². The van der Waals surface area contributed by atoms with Gasteiger partial charge in [0.25, 0.3) is 0 Å². The van der Waals surface area contributed by atoms with E-state index in [0.29, 0.717) is 0 Å². The number of benzene rings is 1. The molecule has 1 aromatic heterocycles. The monoisotopic (exact) mass is 376 g/mol. The number of ether oxygens (including phenoxy) is 1. The first-order valence-corrected chi connectivity index (χ1v) is 6.62. The summed E-state index contributed by atoms with van der Waals surface area (Å²) in [6.45, 7) is 0. The summed E-state index contributed by atoms with van der Waals surface area (Å²) in [6.07, 6.45) is -4.76. The first-order valence-electron chi connectivity index (χ1n) is 5.11. The van der Waals surface area contributed by atoms with E-state index in [4.69, 9.17) is 51.1 Å². The highest BCUT2D eigenvalue weighted by Crippen LogP contribution is 2.37. The van der Waals surface area contributed by atoms with Gasteiger partial charge in [-0.1, -0.05) is 46.4 Å². The van der Waals surface area contributed by atoms with Gasteiger partial charge in [-0.2, -0.15) is 18.2 Å². The summed E-state index contributed by atoms with van der Waals surface area (Å²) in [7, 11) is 0. The molecule has 21 heavy (non-hydrogen) atoms. The van der Waals surface area contributed by atoms with Crippen LogP contribution in [0.2, 0.25) is 20.2 Å². The fourth-order valence-corrected chi connectivity index (χ4v) is 2.02. The van der Waals surface area contributed by atoms with Crippen LogP contribution < -0.4 is 4.74 Å². The quantitative estimate of drug-likeness (QED) is 0.482. The predicted octanol–water partition coefficient (Wildman–Crippen LogP) is 5.90. The SMILES string of the molecule is FC(F)(F)c1nc(Cl)cc(Oc2cc(Cl)c(Cl)cc2Cl)n1. The Morgan fingerprint density at radius 1 is 0.857 bits per heavy atom. The van der Waals surface area contributed by atoms with E-state index in [2.05, 4.69) is 9.97 Å². The van der Waals surface area contributed by atoms with Crippen molar-refractivity contribution in [3.05, 3.63) is 44.2 Å². The van der Waals surface area contributed by atoms with Crippen LogP contribution in [-0.2, 0) is 6.18 Å². The molecule has 3 nitrogen and oxygen atoms in total. The molecule has 0 atom stereocenters. The minimum absolute atomic E-state index is 0.0195. The van der Waals surface area contributed by atoms with Gasteiger partial charge in [-0.25, -0.2) is 4.98 Å². The summed E-state index contributed by atoms with van der Waals surface area (Å²) in [5.74, 6) is -1.88. The van der Waals surface area contributed by atoms with E-state index in [1.54, 1.807) is 0 Å². The number of hydrogen-bond acceptors (Lipinski definition) is 3. The molecule has 0 saturated heterocycles. The van der Waals surface area contributed by atoms with Crippen molar-refractivity contribution < 1.29 is 17.9 Å². The smallest absolute Gasteiger partial charge is 0.437 e. The maximum atomic E-state index is 12.6. The van der Waals surface area contributed by atoms with E-state index in [-0.39, 0.29) is 20.8 Å². The zero-order valence-corrected chi connectivity index (χ0v) is 12.7. The van der Waals surface area contributed by atoms with E-state index in [9.17, 15) is 13.2 Å². The molecule has 0 spiro atoms. The number of hydrogen-bond donors (Lipinski definition) is 0. The zero-order chi connectivity index (χ0) is 15.8. The first kappa shape index (κ1) is 16.4. The molecule has 0 fully saturated rings. The molecule has 10 heteroatoms. The third-order valence-corrected chi connectivity index (χ3v) is 3.33. The molecule has 0 amide bonds. The average molecular weight is 378 g/mol. The maximum absolute atomic E-state index is 12.6. The third kappa shape index (κ3) is 4.03. The van der Waals surface area contributed by atoms with Crippen LogP contribution >= 0.6 is 46.4 Å². The molecule has 2 rings (SSSR count). The van der Waals surface area contributed by atoms with Crippen molar-refractivity contribution in [2.24, 2.45) is 0 Å². The van der Waals surface area contributed by atoms with E-state index in [0.717, 1.165) is 6.07 Å². The van der Waals surface area contributed by atoms with Crippen molar-refractivity contribution in [3.63, 3.8) is 0 Å². The van der Waals surface area contributed by atoms with Gasteiger partial charge in [-0.15, -0.1) is 0 Å². The van der Waals surface area contributed by atoms with Crippen molar-refractivity contribution in [2.75, 3.05) is 0 Å². The number of rotatable bonds is 2. The van der Waals surface area contributed by atoms with Crippen molar-refractivity contribution in [3.8, 4) is 11.6 Å². The molecule has 0 aliphatic heterocycles. The number of nitrogens with zero attached hydrogens (tertiary/aromatic N) is 2. The molecular formula is C11H3Cl4F3N2O. The van der Waals surface area contributed by atoms with Gasteiger partial charge in [0.05, 0.1) is 15.1 Å². The second-order valence-electron chi connectivity index (χ2n) is 3.65. The maximum Gasteiger partial charge on any atom is 0.451 e. The average Bonchev–Trinajstić information content (AvgIpc) is 2.34. The molecule has 0 unspecified atom stereocenters. The number of alkyl halides is 3. The fraction of sp³-hybridized carbons (Fsp3) is 0.0909. The van der Waals surface area contributed by atoms with Crippen molar-refractivity contribution in [1.82, 2.24) is 9.97 Å². The van der Waals surface area contributed by atoms with Crippen molar-refractivity contribution in [1.29, 1.82) is 0 Å². The highest BCUT2D eigenvalue weighted by atomic mass is 35.5. The van der Waals surface area contributed by atoms with Gasteiger partial charge >= 0.3 is 6.18 Å². The van der Waals surface area contributed by atoms with E-state index in [1.807, 2.05) is 0 Å². The number of halogens is 7. The summed E-state index contributed by atoms with van der Waals surface area (Å²) in [5.41, 5.74) is 0. The van der Waals surface area contributed by atoms with Gasteiger partial charge < -0.3 is 4.74 Å². The van der Waals surface area contributed by atoms with Crippen LogP contribution in [0.15, 0.2) is 18.2 Å². The topological polar surface area (TPSA) is 35.0 Å². The highest BCUT2D eigenvalue weighted by Gasteiger charge is 2.35. The minimum Gasteiger partial charge on any atom is -0.437 e. The first-order chi connectivity index (χ1) is 9.66. The van der Waals surface area contributed by atoms with Gasteiger partial charge in [0.2, 0.25) is 11.7 Å². The lowest BCUT2D eigenvalue weighted by Gasteiger charge is -2.10. The molecular weight excluding hydrogens is 375 g/mol. The van der Waals surface area contributed by atoms with Gasteiger partial charge in [0.15, 0.2) is 0 Å². The molecule has 0 N–H and O–H groups in total. The summed E-state index contributed by atoms with van der Waals surface area (Å²) in [5, 5.41) is -0.0887. The van der Waals surface area contributed by atoms with E-state index in [1.165, 1.54) is 12.1 Å². The standard InChI is InChI=1S/C11H3Cl4F3N2O/c12-4-1-6(14)7(2-5(4)13)21-9-3-8(15)19-10(20-9)11(16,17)18/h1-3H. The van der Waals surface area contributed by atoms with E-state index < -0.39 is 23.0 Å². The summed E-state index contributed by atoms with van der Waals surface area (Å²) < 4.78 is 42.9. The van der Waals surface area contributed by atoms with Crippen LogP contribution in [0.3, 0.4) is 0 Å². The Bertz CT molecular complexity index is 694. The Morgan fingerprint density at radius 2 is 1.48 bits per heavy atom. The van der Waals surface area contributed by atoms with Gasteiger partial charge in [0.1, 0.15) is 10.9 Å². The Kier molecular flexibility index (Phi) is 4.72. The summed E-state index contributed by atoms with van der Waals surface area (Å²) >= 11 is 22.9. The summed E-state index contributed by atoms with van der Waals surface area (Å²) in [4.78, 5) is 6.29. The zero-order valence-electron chi connectivity index (χ0n) is 9.68. The molecule has 2 aromatic rings. The summed E-state index contributed by atoms with van der Waals surface area (Å²) in [6, 6.07) is 3.54. The van der Waals surface area contributed by atoms with Crippen LogP contribution in [0.5, 0.6) is 11.6 Å². The Labute approximate surface area is 136 Å². The Balaban J connectivity index is 2.40.